The molecule has 0 saturated carbocycles. The number of nitrogens with zero attached hydrogens (tertiary/aromatic N) is 1. The molecule has 2 fully saturated rings. The van der Waals surface area contributed by atoms with Gasteiger partial charge in [-0.05, 0) is 0 Å². The third-order valence-corrected chi connectivity index (χ3v) is 1.89. The molecule has 0 aromatic heterocycles. The summed E-state index contributed by atoms with van der Waals surface area (Å²) in [5.41, 5.74) is 0.667. The third-order valence-electron chi connectivity index (χ3n) is 1.89. The first-order chi connectivity index (χ1) is 3.41. The summed E-state index contributed by atoms with van der Waals surface area (Å²) in [6.45, 7) is 4.69. The fourth-order valence-corrected chi connectivity index (χ4v) is 1.13. The molecule has 2 aliphatic rings. The summed E-state index contributed by atoms with van der Waals surface area (Å²) in [6.07, 6.45) is 0. The predicted octanol–water partition coefficient (Wildman–Crippen LogP) is -0.806. The molecule has 1 radical (unpaired) electrons. The van der Waals surface area contributed by atoms with E-state index in [1.807, 2.05) is 0 Å². The Morgan fingerprint density at radius 3 is 2.00 bits per heavy atom. The Morgan fingerprint density at radius 1 is 1.29 bits per heavy atom. The molecule has 2 rings (SSSR count). The van der Waals surface area contributed by atoms with E-state index in [4.69, 9.17) is 0 Å². The van der Waals surface area contributed by atoms with Crippen LogP contribution in [0, 0.1) is 5.41 Å². The second-order valence-electron chi connectivity index (χ2n) is 2.64. The monoisotopic (exact) mass is 97.1 g/mol. The average molecular weight is 97.1 g/mol. The van der Waals surface area contributed by atoms with Gasteiger partial charge in [-0.1, -0.05) is 0 Å². The van der Waals surface area contributed by atoms with Crippen molar-refractivity contribution in [2.24, 2.45) is 5.41 Å². The van der Waals surface area contributed by atoms with Crippen LogP contribution in [-0.2, 0) is 0 Å². The van der Waals surface area contributed by atoms with E-state index in [1.165, 1.54) is 13.1 Å². The maximum Gasteiger partial charge on any atom is 0.0235 e. The van der Waals surface area contributed by atoms with Crippen molar-refractivity contribution in [2.45, 2.75) is 0 Å². The van der Waals surface area contributed by atoms with Gasteiger partial charge in [0.25, 0.3) is 0 Å². The second kappa shape index (κ2) is 1.01. The minimum Gasteiger partial charge on any atom is -0.315 e. The van der Waals surface area contributed by atoms with Crippen LogP contribution < -0.4 is 10.6 Å². The maximum atomic E-state index is 4.15. The number of hydrogen-bond donors (Lipinski definition) is 1. The first-order valence-corrected chi connectivity index (χ1v) is 2.75. The van der Waals surface area contributed by atoms with Gasteiger partial charge in [0.1, 0.15) is 0 Å². The van der Waals surface area contributed by atoms with Crippen molar-refractivity contribution in [2.75, 3.05) is 26.2 Å². The van der Waals surface area contributed by atoms with E-state index in [0.29, 0.717) is 5.41 Å². The van der Waals surface area contributed by atoms with Gasteiger partial charge in [-0.15, -0.1) is 0 Å². The van der Waals surface area contributed by atoms with Crippen LogP contribution >= 0.6 is 0 Å². The molecule has 2 aliphatic heterocycles. The molecule has 2 heterocycles. The van der Waals surface area contributed by atoms with Crippen molar-refractivity contribution in [1.82, 2.24) is 10.6 Å². The lowest BCUT2D eigenvalue weighted by Crippen LogP contribution is -2.67. The van der Waals surface area contributed by atoms with Crippen LogP contribution in [0.15, 0.2) is 0 Å². The third kappa shape index (κ3) is 0.359. The van der Waals surface area contributed by atoms with E-state index in [2.05, 4.69) is 10.6 Å². The topological polar surface area (TPSA) is 26.1 Å². The van der Waals surface area contributed by atoms with E-state index in [1.54, 1.807) is 0 Å². The van der Waals surface area contributed by atoms with Crippen molar-refractivity contribution < 1.29 is 0 Å². The van der Waals surface area contributed by atoms with Gasteiger partial charge in [0.2, 0.25) is 0 Å². The molecule has 0 amide bonds. The van der Waals surface area contributed by atoms with Crippen LogP contribution in [0.1, 0.15) is 0 Å². The van der Waals surface area contributed by atoms with Crippen LogP contribution in [0.2, 0.25) is 0 Å². The van der Waals surface area contributed by atoms with Crippen molar-refractivity contribution in [3.8, 4) is 0 Å². The maximum absolute atomic E-state index is 4.15. The second-order valence-corrected chi connectivity index (χ2v) is 2.64. The number of rotatable bonds is 0. The van der Waals surface area contributed by atoms with E-state index in [-0.39, 0.29) is 0 Å². The fraction of sp³-hybridized carbons (Fsp3) is 1.00. The van der Waals surface area contributed by atoms with Gasteiger partial charge in [-0.3, -0.25) is 0 Å². The molecule has 0 atom stereocenters. The minimum atomic E-state index is 0.667. The first kappa shape index (κ1) is 3.87. The van der Waals surface area contributed by atoms with Crippen LogP contribution in [0.25, 0.3) is 0 Å². The minimum absolute atomic E-state index is 0.667. The van der Waals surface area contributed by atoms with Crippen LogP contribution in [-0.4, -0.2) is 26.2 Å². The smallest absolute Gasteiger partial charge is 0.0235 e. The number of hydrogen-bond acceptors (Lipinski definition) is 1. The van der Waals surface area contributed by atoms with E-state index in [0.717, 1.165) is 13.1 Å². The average Bonchev–Trinajstić information content (AvgIpc) is 1.20. The molecule has 0 aromatic carbocycles. The van der Waals surface area contributed by atoms with Gasteiger partial charge in [0, 0.05) is 31.6 Å². The largest absolute Gasteiger partial charge is 0.315 e. The predicted molar refractivity (Wildman–Crippen MR) is 27.2 cm³/mol. The summed E-state index contributed by atoms with van der Waals surface area (Å²) >= 11 is 0. The summed E-state index contributed by atoms with van der Waals surface area (Å²) < 4.78 is 0. The Labute approximate surface area is 43.3 Å². The molecular formula is C5H9N2. The summed E-state index contributed by atoms with van der Waals surface area (Å²) in [4.78, 5) is 0. The lowest BCUT2D eigenvalue weighted by molar-refractivity contribution is 0.0853. The van der Waals surface area contributed by atoms with E-state index < -0.39 is 0 Å². The Kier molecular flexibility index (Phi) is 0.557. The van der Waals surface area contributed by atoms with E-state index >= 15 is 0 Å². The quantitative estimate of drug-likeness (QED) is 0.420. The van der Waals surface area contributed by atoms with Crippen LogP contribution in [0.5, 0.6) is 0 Å². The van der Waals surface area contributed by atoms with Crippen molar-refractivity contribution >= 4 is 0 Å². The summed E-state index contributed by atoms with van der Waals surface area (Å²) in [7, 11) is 0. The van der Waals surface area contributed by atoms with Crippen molar-refractivity contribution in [3.05, 3.63) is 0 Å². The normalized spacial score (nSPS) is 34.3. The highest BCUT2D eigenvalue weighted by Crippen LogP contribution is 2.27. The standard InChI is InChI=1S/C5H9N2/c1-5(2-6-1)3-7-4-5/h6H,1-4H2. The van der Waals surface area contributed by atoms with Gasteiger partial charge in [0.05, 0.1) is 0 Å². The Morgan fingerprint density at radius 2 is 2.00 bits per heavy atom. The zero-order valence-corrected chi connectivity index (χ0v) is 4.28. The lowest BCUT2D eigenvalue weighted by Gasteiger charge is -2.48. The summed E-state index contributed by atoms with van der Waals surface area (Å²) in [6, 6.07) is 0. The molecular weight excluding hydrogens is 88.1 g/mol. The highest BCUT2D eigenvalue weighted by atomic mass is 15.1. The van der Waals surface area contributed by atoms with Gasteiger partial charge in [-0.25, -0.2) is 5.32 Å². The zero-order chi connectivity index (χ0) is 4.74. The molecule has 7 heavy (non-hydrogen) atoms. The molecule has 0 aromatic rings. The van der Waals surface area contributed by atoms with E-state index in [9.17, 15) is 0 Å². The molecule has 1 spiro atoms. The molecule has 0 unspecified atom stereocenters. The SMILES string of the molecule is C1[N]CC12CNC2. The highest BCUT2D eigenvalue weighted by molar-refractivity contribution is 5.01. The fourth-order valence-electron chi connectivity index (χ4n) is 1.13. The van der Waals surface area contributed by atoms with Gasteiger partial charge < -0.3 is 5.32 Å². The molecule has 2 nitrogen and oxygen atoms in total. The Bertz CT molecular complexity index is 66.6. The summed E-state index contributed by atoms with van der Waals surface area (Å²) in [5.74, 6) is 0. The molecule has 2 heteroatoms. The van der Waals surface area contributed by atoms with Crippen molar-refractivity contribution in [3.63, 3.8) is 0 Å². The molecule has 0 bridgehead atoms. The summed E-state index contributed by atoms with van der Waals surface area (Å²) in [5, 5.41) is 7.40. The van der Waals surface area contributed by atoms with Gasteiger partial charge >= 0.3 is 0 Å². The molecule has 1 N–H and O–H groups in total. The molecule has 2 saturated heterocycles. The molecule has 0 aliphatic carbocycles. The van der Waals surface area contributed by atoms with Crippen LogP contribution in [0.3, 0.4) is 0 Å². The van der Waals surface area contributed by atoms with Gasteiger partial charge in [0.15, 0.2) is 0 Å². The van der Waals surface area contributed by atoms with Crippen molar-refractivity contribution in [1.29, 1.82) is 0 Å². The highest BCUT2D eigenvalue weighted by Gasteiger charge is 2.43. The molecule has 39 valence electrons. The Hall–Kier alpha value is -0.0800. The van der Waals surface area contributed by atoms with Crippen LogP contribution in [0.4, 0.5) is 0 Å². The van der Waals surface area contributed by atoms with Gasteiger partial charge in [-0.2, -0.15) is 0 Å². The first-order valence-electron chi connectivity index (χ1n) is 2.75. The zero-order valence-electron chi connectivity index (χ0n) is 4.28. The number of nitrogens with one attached hydrogen (secondary N) is 1. The lowest BCUT2D eigenvalue weighted by atomic mass is 9.76. The Balaban J connectivity index is 2.00.